The third kappa shape index (κ3) is 3.01. The summed E-state index contributed by atoms with van der Waals surface area (Å²) in [7, 11) is 2.86. The van der Waals surface area contributed by atoms with Gasteiger partial charge in [0.1, 0.15) is 11.4 Å². The third-order valence-corrected chi connectivity index (χ3v) is 3.60. The Hall–Kier alpha value is -3.42. The number of methoxy groups -OCH3 is 2. The molecule has 0 aliphatic heterocycles. The van der Waals surface area contributed by atoms with Crippen molar-refractivity contribution in [2.75, 3.05) is 14.2 Å². The van der Waals surface area contributed by atoms with Crippen molar-refractivity contribution < 1.29 is 23.8 Å². The standard InChI is InChI=1S/C17H14FN3O4/c1-24-12-5-3-4-10(8-12)16-15(17(22)23)19-20-21(16)11-6-7-14(25-2)13(18)9-11/h3-9H,1-2H3,(H,22,23). The van der Waals surface area contributed by atoms with Crippen LogP contribution in [-0.2, 0) is 0 Å². The molecule has 0 bridgehead atoms. The zero-order valence-corrected chi connectivity index (χ0v) is 13.4. The molecule has 0 radical (unpaired) electrons. The van der Waals surface area contributed by atoms with Crippen LogP contribution in [0.15, 0.2) is 42.5 Å². The summed E-state index contributed by atoms with van der Waals surface area (Å²) in [6, 6.07) is 11.0. The van der Waals surface area contributed by atoms with Gasteiger partial charge >= 0.3 is 5.97 Å². The first kappa shape index (κ1) is 16.4. The number of aromatic carboxylic acids is 1. The second-order valence-electron chi connectivity index (χ2n) is 5.05. The number of carboxylic acid groups (broad SMARTS) is 1. The van der Waals surface area contributed by atoms with Gasteiger partial charge < -0.3 is 14.6 Å². The lowest BCUT2D eigenvalue weighted by Crippen LogP contribution is -2.04. The van der Waals surface area contributed by atoms with Crippen LogP contribution in [0.5, 0.6) is 11.5 Å². The molecule has 2 aromatic carbocycles. The average Bonchev–Trinajstić information content (AvgIpc) is 3.07. The van der Waals surface area contributed by atoms with Crippen molar-refractivity contribution in [3.63, 3.8) is 0 Å². The van der Waals surface area contributed by atoms with E-state index in [0.29, 0.717) is 17.0 Å². The van der Waals surface area contributed by atoms with Gasteiger partial charge in [-0.05, 0) is 24.3 Å². The summed E-state index contributed by atoms with van der Waals surface area (Å²) in [4.78, 5) is 11.5. The molecule has 3 aromatic rings. The molecule has 0 aliphatic rings. The van der Waals surface area contributed by atoms with E-state index in [1.165, 1.54) is 31.0 Å². The quantitative estimate of drug-likeness (QED) is 0.767. The van der Waals surface area contributed by atoms with E-state index in [9.17, 15) is 14.3 Å². The van der Waals surface area contributed by atoms with Crippen LogP contribution in [0.1, 0.15) is 10.5 Å². The van der Waals surface area contributed by atoms with Gasteiger partial charge in [-0.2, -0.15) is 0 Å². The lowest BCUT2D eigenvalue weighted by molar-refractivity contribution is 0.0691. The summed E-state index contributed by atoms with van der Waals surface area (Å²) in [5.41, 5.74) is 0.814. The number of hydrogen-bond donors (Lipinski definition) is 1. The summed E-state index contributed by atoms with van der Waals surface area (Å²) in [6.45, 7) is 0. The minimum Gasteiger partial charge on any atom is -0.497 e. The van der Waals surface area contributed by atoms with Gasteiger partial charge in [0, 0.05) is 11.6 Å². The van der Waals surface area contributed by atoms with Gasteiger partial charge in [0.15, 0.2) is 17.3 Å². The molecule has 0 atom stereocenters. The van der Waals surface area contributed by atoms with Crippen molar-refractivity contribution in [1.82, 2.24) is 15.0 Å². The molecule has 0 amide bonds. The first-order valence-corrected chi connectivity index (χ1v) is 7.22. The van der Waals surface area contributed by atoms with E-state index >= 15 is 0 Å². The van der Waals surface area contributed by atoms with E-state index in [0.717, 1.165) is 0 Å². The summed E-state index contributed by atoms with van der Waals surface area (Å²) >= 11 is 0. The smallest absolute Gasteiger partial charge is 0.358 e. The van der Waals surface area contributed by atoms with E-state index in [2.05, 4.69) is 10.3 Å². The molecule has 8 heteroatoms. The van der Waals surface area contributed by atoms with Crippen molar-refractivity contribution in [2.24, 2.45) is 0 Å². The molecular weight excluding hydrogens is 329 g/mol. The van der Waals surface area contributed by atoms with Crippen LogP contribution in [0.4, 0.5) is 4.39 Å². The average molecular weight is 343 g/mol. The zero-order chi connectivity index (χ0) is 18.0. The number of nitrogens with zero attached hydrogens (tertiary/aromatic N) is 3. The van der Waals surface area contributed by atoms with Crippen LogP contribution in [0, 0.1) is 5.82 Å². The van der Waals surface area contributed by atoms with Gasteiger partial charge in [-0.3, -0.25) is 0 Å². The predicted octanol–water partition coefficient (Wildman–Crippen LogP) is 2.79. The molecule has 0 fully saturated rings. The van der Waals surface area contributed by atoms with E-state index in [1.807, 2.05) is 0 Å². The topological polar surface area (TPSA) is 86.5 Å². The lowest BCUT2D eigenvalue weighted by Gasteiger charge is -2.10. The molecule has 1 heterocycles. The van der Waals surface area contributed by atoms with Crippen molar-refractivity contribution >= 4 is 5.97 Å². The monoisotopic (exact) mass is 343 g/mol. The number of carbonyl (C=O) groups is 1. The van der Waals surface area contributed by atoms with Crippen LogP contribution in [0.25, 0.3) is 16.9 Å². The Morgan fingerprint density at radius 3 is 2.60 bits per heavy atom. The molecule has 0 unspecified atom stereocenters. The highest BCUT2D eigenvalue weighted by Crippen LogP contribution is 2.29. The Balaban J connectivity index is 2.21. The fraction of sp³-hybridized carbons (Fsp3) is 0.118. The Morgan fingerprint density at radius 1 is 1.16 bits per heavy atom. The van der Waals surface area contributed by atoms with Crippen molar-refractivity contribution in [3.8, 4) is 28.4 Å². The fourth-order valence-electron chi connectivity index (χ4n) is 2.42. The second-order valence-corrected chi connectivity index (χ2v) is 5.05. The molecule has 1 aromatic heterocycles. The van der Waals surface area contributed by atoms with Gasteiger partial charge in [0.2, 0.25) is 0 Å². The highest BCUT2D eigenvalue weighted by molar-refractivity contribution is 5.93. The van der Waals surface area contributed by atoms with Gasteiger partial charge in [0.05, 0.1) is 19.9 Å². The maximum Gasteiger partial charge on any atom is 0.358 e. The third-order valence-electron chi connectivity index (χ3n) is 3.60. The Bertz CT molecular complexity index is 939. The van der Waals surface area contributed by atoms with E-state index in [-0.39, 0.29) is 17.1 Å². The normalized spacial score (nSPS) is 10.5. The Kier molecular flexibility index (Phi) is 4.34. The van der Waals surface area contributed by atoms with Crippen LogP contribution in [0.3, 0.4) is 0 Å². The molecule has 1 N–H and O–H groups in total. The molecule has 7 nitrogen and oxygen atoms in total. The summed E-state index contributed by atoms with van der Waals surface area (Å²) in [5, 5.41) is 17.0. The van der Waals surface area contributed by atoms with Crippen molar-refractivity contribution in [2.45, 2.75) is 0 Å². The molecule has 3 rings (SSSR count). The molecule has 0 saturated carbocycles. The molecule has 0 saturated heterocycles. The number of aromatic nitrogens is 3. The van der Waals surface area contributed by atoms with Gasteiger partial charge in [0.25, 0.3) is 0 Å². The predicted molar refractivity (Wildman–Crippen MR) is 86.8 cm³/mol. The zero-order valence-electron chi connectivity index (χ0n) is 13.4. The molecule has 128 valence electrons. The molecule has 0 aliphatic carbocycles. The van der Waals surface area contributed by atoms with Crippen molar-refractivity contribution in [3.05, 3.63) is 54.0 Å². The first-order valence-electron chi connectivity index (χ1n) is 7.22. The van der Waals surface area contributed by atoms with Crippen LogP contribution in [0.2, 0.25) is 0 Å². The molecular formula is C17H14FN3O4. The maximum atomic E-state index is 14.0. The largest absolute Gasteiger partial charge is 0.497 e. The summed E-state index contributed by atoms with van der Waals surface area (Å²) in [6.07, 6.45) is 0. The fourth-order valence-corrected chi connectivity index (χ4v) is 2.42. The number of rotatable bonds is 5. The SMILES string of the molecule is COc1cccc(-c2c(C(=O)O)nnn2-c2ccc(OC)c(F)c2)c1. The first-order chi connectivity index (χ1) is 12.0. The van der Waals surface area contributed by atoms with E-state index < -0.39 is 11.8 Å². The number of ether oxygens (including phenoxy) is 2. The van der Waals surface area contributed by atoms with Crippen LogP contribution >= 0.6 is 0 Å². The minimum absolute atomic E-state index is 0.0743. The molecule has 0 spiro atoms. The number of halogens is 1. The van der Waals surface area contributed by atoms with E-state index in [4.69, 9.17) is 9.47 Å². The highest BCUT2D eigenvalue weighted by atomic mass is 19.1. The summed E-state index contributed by atoms with van der Waals surface area (Å²) in [5.74, 6) is -1.21. The van der Waals surface area contributed by atoms with Crippen LogP contribution < -0.4 is 9.47 Å². The minimum atomic E-state index is -1.24. The van der Waals surface area contributed by atoms with Crippen molar-refractivity contribution in [1.29, 1.82) is 0 Å². The Labute approximate surface area is 142 Å². The van der Waals surface area contributed by atoms with Gasteiger partial charge in [-0.1, -0.05) is 17.3 Å². The number of hydrogen-bond acceptors (Lipinski definition) is 5. The Morgan fingerprint density at radius 2 is 1.96 bits per heavy atom. The molecule has 25 heavy (non-hydrogen) atoms. The summed E-state index contributed by atoms with van der Waals surface area (Å²) < 4.78 is 25.4. The number of benzene rings is 2. The van der Waals surface area contributed by atoms with E-state index in [1.54, 1.807) is 30.3 Å². The number of carboxylic acids is 1. The highest BCUT2D eigenvalue weighted by Gasteiger charge is 2.22. The lowest BCUT2D eigenvalue weighted by atomic mass is 10.1. The van der Waals surface area contributed by atoms with Crippen LogP contribution in [-0.4, -0.2) is 40.3 Å². The van der Waals surface area contributed by atoms with Gasteiger partial charge in [-0.15, -0.1) is 5.10 Å². The second kappa shape index (κ2) is 6.60. The maximum absolute atomic E-state index is 14.0. The van der Waals surface area contributed by atoms with Gasteiger partial charge in [-0.25, -0.2) is 13.9 Å².